The molecule has 2 N–H and O–H groups in total. The molecule has 0 aliphatic rings. The van der Waals surface area contributed by atoms with Crippen LogP contribution in [0.4, 0.5) is 0 Å². The van der Waals surface area contributed by atoms with Crippen LogP contribution in [-0.2, 0) is 19.1 Å². The number of unbranched alkanes of at least 4 members (excludes halogenated alkanes) is 1. The van der Waals surface area contributed by atoms with E-state index in [-0.39, 0.29) is 36.7 Å². The SMILES string of the molecule is C=C(C)C(=O)O/C(CCCCO)=C(/C)C(=O)OCCO. The summed E-state index contributed by atoms with van der Waals surface area (Å²) >= 11 is 0. The minimum atomic E-state index is -0.646. The Bertz CT molecular complexity index is 383. The zero-order valence-electron chi connectivity index (χ0n) is 12.0. The van der Waals surface area contributed by atoms with E-state index in [2.05, 4.69) is 6.58 Å². The highest BCUT2D eigenvalue weighted by atomic mass is 16.6. The van der Waals surface area contributed by atoms with E-state index in [4.69, 9.17) is 19.7 Å². The van der Waals surface area contributed by atoms with Gasteiger partial charge < -0.3 is 19.7 Å². The highest BCUT2D eigenvalue weighted by molar-refractivity contribution is 5.91. The molecule has 0 fully saturated rings. The van der Waals surface area contributed by atoms with E-state index in [9.17, 15) is 9.59 Å². The third-order valence-corrected chi connectivity index (χ3v) is 2.43. The van der Waals surface area contributed by atoms with E-state index in [1.165, 1.54) is 13.8 Å². The number of hydrogen-bond acceptors (Lipinski definition) is 6. The molecule has 0 aliphatic carbocycles. The number of ether oxygens (including phenoxy) is 2. The van der Waals surface area contributed by atoms with Gasteiger partial charge in [-0.05, 0) is 26.7 Å². The van der Waals surface area contributed by atoms with Gasteiger partial charge in [0.15, 0.2) is 0 Å². The van der Waals surface area contributed by atoms with Gasteiger partial charge in [0.1, 0.15) is 12.4 Å². The number of carbonyl (C=O) groups is 2. The third kappa shape index (κ3) is 7.06. The summed E-state index contributed by atoms with van der Waals surface area (Å²) in [6.07, 6.45) is 1.44. The molecule has 0 aromatic heterocycles. The van der Waals surface area contributed by atoms with Crippen molar-refractivity contribution in [2.75, 3.05) is 19.8 Å². The summed E-state index contributed by atoms with van der Waals surface area (Å²) in [6, 6.07) is 0. The van der Waals surface area contributed by atoms with Crippen molar-refractivity contribution in [1.82, 2.24) is 0 Å². The van der Waals surface area contributed by atoms with Gasteiger partial charge in [-0.25, -0.2) is 9.59 Å². The first-order chi connectivity index (χ1) is 9.43. The van der Waals surface area contributed by atoms with Gasteiger partial charge in [0.05, 0.1) is 12.2 Å². The highest BCUT2D eigenvalue weighted by Crippen LogP contribution is 2.17. The van der Waals surface area contributed by atoms with Crippen LogP contribution in [0.25, 0.3) is 0 Å². The van der Waals surface area contributed by atoms with E-state index < -0.39 is 11.9 Å². The number of rotatable bonds is 9. The van der Waals surface area contributed by atoms with Crippen LogP contribution >= 0.6 is 0 Å². The first-order valence-electron chi connectivity index (χ1n) is 6.40. The summed E-state index contributed by atoms with van der Waals surface area (Å²) in [5.41, 5.74) is 0.396. The standard InChI is InChI=1S/C14H22O6/c1-10(2)13(17)20-12(6-4-5-7-15)11(3)14(18)19-9-8-16/h15-16H,1,4-9H2,2-3H3/b12-11-. The summed E-state index contributed by atoms with van der Waals surface area (Å²) in [5.74, 6) is -1.06. The van der Waals surface area contributed by atoms with E-state index in [0.29, 0.717) is 19.3 Å². The summed E-state index contributed by atoms with van der Waals surface area (Å²) in [5, 5.41) is 17.4. The minimum Gasteiger partial charge on any atom is -0.460 e. The number of allylic oxidation sites excluding steroid dienone is 1. The molecule has 114 valence electrons. The average molecular weight is 286 g/mol. The molecule has 0 bridgehead atoms. The molecule has 0 spiro atoms. The number of aliphatic hydroxyl groups is 2. The second-order valence-electron chi connectivity index (χ2n) is 4.26. The molecule has 0 aliphatic heterocycles. The Morgan fingerprint density at radius 3 is 2.20 bits per heavy atom. The summed E-state index contributed by atoms with van der Waals surface area (Å²) in [6.45, 7) is 6.10. The zero-order chi connectivity index (χ0) is 15.5. The van der Waals surface area contributed by atoms with Crippen LogP contribution in [0.5, 0.6) is 0 Å². The van der Waals surface area contributed by atoms with Crippen LogP contribution < -0.4 is 0 Å². The van der Waals surface area contributed by atoms with Gasteiger partial charge in [-0.1, -0.05) is 6.58 Å². The van der Waals surface area contributed by atoms with Crippen LogP contribution in [0.3, 0.4) is 0 Å². The lowest BCUT2D eigenvalue weighted by molar-refractivity contribution is -0.140. The second kappa shape index (κ2) is 10.2. The van der Waals surface area contributed by atoms with Crippen molar-refractivity contribution in [3.8, 4) is 0 Å². The maximum atomic E-state index is 11.7. The molecule has 0 rings (SSSR count). The first kappa shape index (κ1) is 18.3. The fourth-order valence-corrected chi connectivity index (χ4v) is 1.27. The Morgan fingerprint density at radius 2 is 1.70 bits per heavy atom. The van der Waals surface area contributed by atoms with Crippen LogP contribution in [0.15, 0.2) is 23.5 Å². The predicted octanol–water partition coefficient (Wildman–Crippen LogP) is 1.08. The van der Waals surface area contributed by atoms with Gasteiger partial charge in [-0.3, -0.25) is 0 Å². The number of aliphatic hydroxyl groups excluding tert-OH is 2. The normalized spacial score (nSPS) is 11.6. The van der Waals surface area contributed by atoms with Crippen LogP contribution in [0.2, 0.25) is 0 Å². The monoisotopic (exact) mass is 286 g/mol. The van der Waals surface area contributed by atoms with Crippen molar-refractivity contribution in [2.45, 2.75) is 33.1 Å². The molecule has 0 amide bonds. The molecule has 0 saturated heterocycles. The molecule has 0 unspecified atom stereocenters. The molecule has 20 heavy (non-hydrogen) atoms. The van der Waals surface area contributed by atoms with E-state index >= 15 is 0 Å². The first-order valence-corrected chi connectivity index (χ1v) is 6.40. The molecular formula is C14H22O6. The summed E-state index contributed by atoms with van der Waals surface area (Å²) < 4.78 is 9.89. The number of carbonyl (C=O) groups excluding carboxylic acids is 2. The van der Waals surface area contributed by atoms with Gasteiger partial charge in [0, 0.05) is 18.6 Å². The van der Waals surface area contributed by atoms with Crippen molar-refractivity contribution in [2.24, 2.45) is 0 Å². The van der Waals surface area contributed by atoms with Gasteiger partial charge >= 0.3 is 11.9 Å². The topological polar surface area (TPSA) is 93.1 Å². The lowest BCUT2D eigenvalue weighted by atomic mass is 10.1. The molecule has 0 atom stereocenters. The largest absolute Gasteiger partial charge is 0.460 e. The summed E-state index contributed by atoms with van der Waals surface area (Å²) in [7, 11) is 0. The van der Waals surface area contributed by atoms with Gasteiger partial charge in [0.25, 0.3) is 0 Å². The van der Waals surface area contributed by atoms with Crippen LogP contribution in [0.1, 0.15) is 33.1 Å². The smallest absolute Gasteiger partial charge is 0.338 e. The molecule has 0 radical (unpaired) electrons. The number of hydrogen-bond donors (Lipinski definition) is 2. The van der Waals surface area contributed by atoms with Crippen molar-refractivity contribution in [3.05, 3.63) is 23.5 Å². The molecule has 6 nitrogen and oxygen atoms in total. The predicted molar refractivity (Wildman–Crippen MR) is 72.6 cm³/mol. The van der Waals surface area contributed by atoms with Crippen LogP contribution in [-0.4, -0.2) is 42.0 Å². The van der Waals surface area contributed by atoms with E-state index in [1.807, 2.05) is 0 Å². The maximum Gasteiger partial charge on any atom is 0.338 e. The van der Waals surface area contributed by atoms with E-state index in [0.717, 1.165) is 0 Å². The van der Waals surface area contributed by atoms with Gasteiger partial charge in [-0.2, -0.15) is 0 Å². The minimum absolute atomic E-state index is 0.0235. The Morgan fingerprint density at radius 1 is 1.05 bits per heavy atom. The molecular weight excluding hydrogens is 264 g/mol. The maximum absolute atomic E-state index is 11.7. The molecule has 6 heteroatoms. The quantitative estimate of drug-likeness (QED) is 0.285. The molecule has 0 aromatic rings. The fourth-order valence-electron chi connectivity index (χ4n) is 1.27. The zero-order valence-corrected chi connectivity index (χ0v) is 12.0. The number of esters is 2. The summed E-state index contributed by atoms with van der Waals surface area (Å²) in [4.78, 5) is 23.2. The van der Waals surface area contributed by atoms with Crippen molar-refractivity contribution >= 4 is 11.9 Å². The Labute approximate surface area is 118 Å². The molecule has 0 aromatic carbocycles. The van der Waals surface area contributed by atoms with Crippen LogP contribution in [0, 0.1) is 0 Å². The molecule has 0 heterocycles. The van der Waals surface area contributed by atoms with Gasteiger partial charge in [0.2, 0.25) is 0 Å². The van der Waals surface area contributed by atoms with Crippen molar-refractivity contribution in [1.29, 1.82) is 0 Å². The van der Waals surface area contributed by atoms with E-state index in [1.54, 1.807) is 0 Å². The highest BCUT2D eigenvalue weighted by Gasteiger charge is 2.17. The Balaban J connectivity index is 4.90. The lowest BCUT2D eigenvalue weighted by Gasteiger charge is -2.12. The lowest BCUT2D eigenvalue weighted by Crippen LogP contribution is -2.14. The van der Waals surface area contributed by atoms with Crippen molar-refractivity contribution in [3.63, 3.8) is 0 Å². The third-order valence-electron chi connectivity index (χ3n) is 2.43. The fraction of sp³-hybridized carbons (Fsp3) is 0.571. The Hall–Kier alpha value is -1.66. The van der Waals surface area contributed by atoms with Crippen molar-refractivity contribution < 1.29 is 29.3 Å². The molecule has 0 saturated carbocycles. The van der Waals surface area contributed by atoms with Gasteiger partial charge in [-0.15, -0.1) is 0 Å². The average Bonchev–Trinajstić information content (AvgIpc) is 2.42. The Kier molecular flexibility index (Phi) is 9.32. The second-order valence-corrected chi connectivity index (χ2v) is 4.26.